The minimum absolute atomic E-state index is 0. The van der Waals surface area contributed by atoms with Gasteiger partial charge in [0.2, 0.25) is 0 Å². The first kappa shape index (κ1) is 13.0. The van der Waals surface area contributed by atoms with E-state index in [0.29, 0.717) is 13.0 Å². The van der Waals surface area contributed by atoms with Crippen molar-refractivity contribution in [1.82, 2.24) is 0 Å². The highest BCUT2D eigenvalue weighted by Crippen LogP contribution is 2.50. The molecule has 0 spiro atoms. The van der Waals surface area contributed by atoms with Crippen LogP contribution in [0.25, 0.3) is 0 Å². The number of ether oxygens (including phenoxy) is 1. The van der Waals surface area contributed by atoms with Crippen molar-refractivity contribution >= 4 is 18.4 Å². The Hall–Kier alpha value is -1.06. The van der Waals surface area contributed by atoms with Crippen LogP contribution in [0.3, 0.4) is 0 Å². The Morgan fingerprint density at radius 2 is 2.12 bits per heavy atom. The van der Waals surface area contributed by atoms with E-state index in [9.17, 15) is 4.79 Å². The Bertz CT molecular complexity index is 369. The van der Waals surface area contributed by atoms with E-state index in [-0.39, 0.29) is 24.3 Å². The van der Waals surface area contributed by atoms with Crippen molar-refractivity contribution in [3.05, 3.63) is 35.9 Å². The molecule has 0 aliphatic heterocycles. The van der Waals surface area contributed by atoms with Crippen molar-refractivity contribution in [3.8, 4) is 0 Å². The second-order valence-electron chi connectivity index (χ2n) is 3.93. The van der Waals surface area contributed by atoms with Crippen molar-refractivity contribution in [3.63, 3.8) is 0 Å². The average molecular weight is 242 g/mol. The van der Waals surface area contributed by atoms with E-state index in [1.54, 1.807) is 6.92 Å². The van der Waals surface area contributed by atoms with E-state index in [1.807, 2.05) is 30.3 Å². The van der Waals surface area contributed by atoms with Crippen molar-refractivity contribution < 1.29 is 9.53 Å². The molecular weight excluding hydrogens is 226 g/mol. The highest BCUT2D eigenvalue weighted by atomic mass is 35.5. The lowest BCUT2D eigenvalue weighted by atomic mass is 10.1. The minimum atomic E-state index is -0.780. The maximum atomic E-state index is 11.6. The van der Waals surface area contributed by atoms with Gasteiger partial charge in [0, 0.05) is 5.92 Å². The molecule has 4 heteroatoms. The third-order valence-corrected chi connectivity index (χ3v) is 2.86. The fourth-order valence-corrected chi connectivity index (χ4v) is 1.87. The highest BCUT2D eigenvalue weighted by Gasteiger charge is 2.58. The van der Waals surface area contributed by atoms with Gasteiger partial charge in [-0.15, -0.1) is 12.4 Å². The summed E-state index contributed by atoms with van der Waals surface area (Å²) in [6, 6.07) is 9.86. The molecule has 1 saturated carbocycles. The standard InChI is InChI=1S/C12H15NO2.ClH/c1-2-15-11(14)12(13)8-10(12)9-6-4-3-5-7-9;/h3-7,10H,2,8,13H2,1H3;1H. The molecule has 1 aliphatic rings. The summed E-state index contributed by atoms with van der Waals surface area (Å²) in [5.74, 6) is -0.156. The van der Waals surface area contributed by atoms with E-state index in [4.69, 9.17) is 10.5 Å². The minimum Gasteiger partial charge on any atom is -0.465 e. The molecule has 1 aromatic rings. The van der Waals surface area contributed by atoms with E-state index in [1.165, 1.54) is 0 Å². The van der Waals surface area contributed by atoms with Gasteiger partial charge in [-0.3, -0.25) is 4.79 Å². The number of carbonyl (C=O) groups is 1. The third kappa shape index (κ3) is 2.20. The van der Waals surface area contributed by atoms with Crippen LogP contribution >= 0.6 is 12.4 Å². The zero-order chi connectivity index (χ0) is 10.9. The summed E-state index contributed by atoms with van der Waals surface area (Å²) in [5.41, 5.74) is 6.32. The number of hydrogen-bond acceptors (Lipinski definition) is 3. The number of hydrogen-bond donors (Lipinski definition) is 1. The van der Waals surface area contributed by atoms with Crippen LogP contribution in [-0.2, 0) is 9.53 Å². The molecule has 2 atom stereocenters. The number of rotatable bonds is 3. The highest BCUT2D eigenvalue weighted by molar-refractivity contribution is 5.86. The van der Waals surface area contributed by atoms with Crippen LogP contribution in [-0.4, -0.2) is 18.1 Å². The molecule has 88 valence electrons. The monoisotopic (exact) mass is 241 g/mol. The topological polar surface area (TPSA) is 52.3 Å². The molecule has 1 fully saturated rings. The SMILES string of the molecule is CCOC(=O)C1(N)CC1c1ccccc1.Cl. The molecule has 2 rings (SSSR count). The number of halogens is 1. The lowest BCUT2D eigenvalue weighted by Crippen LogP contribution is -2.36. The number of esters is 1. The van der Waals surface area contributed by atoms with Crippen LogP contribution in [0.5, 0.6) is 0 Å². The van der Waals surface area contributed by atoms with E-state index in [0.717, 1.165) is 5.56 Å². The summed E-state index contributed by atoms with van der Waals surface area (Å²) in [4.78, 5) is 11.6. The van der Waals surface area contributed by atoms with Gasteiger partial charge in [-0.2, -0.15) is 0 Å². The molecule has 0 amide bonds. The number of nitrogens with two attached hydrogens (primary N) is 1. The van der Waals surface area contributed by atoms with Crippen molar-refractivity contribution in [2.24, 2.45) is 5.73 Å². The number of carbonyl (C=O) groups excluding carboxylic acids is 1. The van der Waals surface area contributed by atoms with Gasteiger partial charge < -0.3 is 10.5 Å². The summed E-state index contributed by atoms with van der Waals surface area (Å²) >= 11 is 0. The predicted octanol–water partition coefficient (Wildman–Crippen LogP) is 1.86. The predicted molar refractivity (Wildman–Crippen MR) is 64.6 cm³/mol. The van der Waals surface area contributed by atoms with Gasteiger partial charge in [-0.1, -0.05) is 30.3 Å². The molecule has 0 aromatic heterocycles. The van der Waals surface area contributed by atoms with Gasteiger partial charge in [-0.25, -0.2) is 0 Å². The molecule has 0 saturated heterocycles. The fraction of sp³-hybridized carbons (Fsp3) is 0.417. The molecule has 2 unspecified atom stereocenters. The number of benzene rings is 1. The van der Waals surface area contributed by atoms with Crippen molar-refractivity contribution in [2.45, 2.75) is 24.8 Å². The zero-order valence-corrected chi connectivity index (χ0v) is 10.00. The summed E-state index contributed by atoms with van der Waals surface area (Å²) in [6.07, 6.45) is 0.690. The molecular formula is C12H16ClNO2. The van der Waals surface area contributed by atoms with Crippen LogP contribution in [0.15, 0.2) is 30.3 Å². The summed E-state index contributed by atoms with van der Waals surface area (Å²) in [7, 11) is 0. The van der Waals surface area contributed by atoms with Crippen LogP contribution < -0.4 is 5.73 Å². The Balaban J connectivity index is 0.00000128. The lowest BCUT2D eigenvalue weighted by molar-refractivity contribution is -0.145. The molecule has 1 aromatic carbocycles. The van der Waals surface area contributed by atoms with Gasteiger partial charge >= 0.3 is 5.97 Å². The van der Waals surface area contributed by atoms with Crippen molar-refractivity contribution in [2.75, 3.05) is 6.61 Å². The lowest BCUT2D eigenvalue weighted by Gasteiger charge is -2.10. The first-order chi connectivity index (χ1) is 7.18. The molecule has 16 heavy (non-hydrogen) atoms. The third-order valence-electron chi connectivity index (χ3n) is 2.86. The molecule has 1 aliphatic carbocycles. The second-order valence-corrected chi connectivity index (χ2v) is 3.93. The fourth-order valence-electron chi connectivity index (χ4n) is 1.87. The van der Waals surface area contributed by atoms with Gasteiger partial charge in [-0.05, 0) is 18.9 Å². The quantitative estimate of drug-likeness (QED) is 0.822. The van der Waals surface area contributed by atoms with Gasteiger partial charge in [0.05, 0.1) is 6.61 Å². The summed E-state index contributed by atoms with van der Waals surface area (Å²) in [6.45, 7) is 2.18. The van der Waals surface area contributed by atoms with Crippen molar-refractivity contribution in [1.29, 1.82) is 0 Å². The Kier molecular flexibility index (Phi) is 3.94. The van der Waals surface area contributed by atoms with E-state index in [2.05, 4.69) is 0 Å². The van der Waals surface area contributed by atoms with Crippen LogP contribution in [0.2, 0.25) is 0 Å². The normalized spacial score (nSPS) is 26.8. The summed E-state index contributed by atoms with van der Waals surface area (Å²) < 4.78 is 4.96. The molecule has 0 bridgehead atoms. The van der Waals surface area contributed by atoms with Gasteiger partial charge in [0.1, 0.15) is 5.54 Å². The maximum absolute atomic E-state index is 11.6. The first-order valence-corrected chi connectivity index (χ1v) is 5.19. The average Bonchev–Trinajstić information content (AvgIpc) is 2.94. The Labute approximate surface area is 101 Å². The van der Waals surface area contributed by atoms with E-state index >= 15 is 0 Å². The van der Waals surface area contributed by atoms with Gasteiger partial charge in [0.15, 0.2) is 0 Å². The second kappa shape index (κ2) is 4.85. The zero-order valence-electron chi connectivity index (χ0n) is 9.18. The van der Waals surface area contributed by atoms with Crippen LogP contribution in [0.1, 0.15) is 24.8 Å². The molecule has 0 radical (unpaired) electrons. The molecule has 2 N–H and O–H groups in total. The smallest absolute Gasteiger partial charge is 0.326 e. The van der Waals surface area contributed by atoms with Crippen LogP contribution in [0, 0.1) is 0 Å². The molecule has 0 heterocycles. The Morgan fingerprint density at radius 1 is 1.50 bits per heavy atom. The summed E-state index contributed by atoms with van der Waals surface area (Å²) in [5, 5.41) is 0. The Morgan fingerprint density at radius 3 is 2.69 bits per heavy atom. The maximum Gasteiger partial charge on any atom is 0.326 e. The molecule has 3 nitrogen and oxygen atoms in total. The van der Waals surface area contributed by atoms with Gasteiger partial charge in [0.25, 0.3) is 0 Å². The first-order valence-electron chi connectivity index (χ1n) is 5.19. The van der Waals surface area contributed by atoms with E-state index < -0.39 is 5.54 Å². The van der Waals surface area contributed by atoms with Crippen LogP contribution in [0.4, 0.5) is 0 Å². The largest absolute Gasteiger partial charge is 0.465 e.